The summed E-state index contributed by atoms with van der Waals surface area (Å²) in [5.74, 6) is -0.406. The first-order chi connectivity index (χ1) is 14.9. The van der Waals surface area contributed by atoms with Gasteiger partial charge in [0.1, 0.15) is 0 Å². The number of nitrogens with two attached hydrogens (primary N) is 2. The average molecular weight is 408 g/mol. The molecule has 1 aliphatic rings. The quantitative estimate of drug-likeness (QED) is 0.379. The second-order valence-corrected chi connectivity index (χ2v) is 7.43. The van der Waals surface area contributed by atoms with Crippen LogP contribution in [0.25, 0.3) is 11.1 Å². The van der Waals surface area contributed by atoms with Crippen molar-refractivity contribution in [1.29, 1.82) is 5.26 Å². The van der Waals surface area contributed by atoms with Gasteiger partial charge in [0.05, 0.1) is 18.2 Å². The highest BCUT2D eigenvalue weighted by atomic mass is 16.2. The molecular formula is C25H20N4O2. The molecule has 0 unspecified atom stereocenters. The Hall–Kier alpha value is -4.37. The van der Waals surface area contributed by atoms with Crippen LogP contribution in [0.5, 0.6) is 0 Å². The number of benzene rings is 3. The third-order valence-corrected chi connectivity index (χ3v) is 5.38. The van der Waals surface area contributed by atoms with E-state index in [1.54, 1.807) is 47.4 Å². The first-order valence-corrected chi connectivity index (χ1v) is 9.69. The third kappa shape index (κ3) is 3.53. The number of nitrogens with zero attached hydrogens (tertiary/aromatic N) is 2. The molecule has 0 spiro atoms. The van der Waals surface area contributed by atoms with Crippen LogP contribution in [0.1, 0.15) is 31.8 Å². The zero-order valence-electron chi connectivity index (χ0n) is 16.8. The maximum atomic E-state index is 13.0. The lowest BCUT2D eigenvalue weighted by Gasteiger charge is -2.14. The van der Waals surface area contributed by atoms with E-state index < -0.39 is 0 Å². The maximum absolute atomic E-state index is 13.0. The standard InChI is InChI=1S/C25H20N4O2/c1-15(12-26)13-29-14-20-18(8-10-22(28)23(20)25(29)31)17-7-9-21(27)19(11-17)24(30)16-5-3-2-4-6-16/h2-11H,1,13-14,27-28H2. The van der Waals surface area contributed by atoms with Crippen LogP contribution in [-0.4, -0.2) is 23.1 Å². The van der Waals surface area contributed by atoms with Crippen molar-refractivity contribution in [2.75, 3.05) is 18.0 Å². The minimum Gasteiger partial charge on any atom is -0.398 e. The minimum absolute atomic E-state index is 0.141. The molecule has 1 amide bonds. The second kappa shape index (κ2) is 7.81. The number of rotatable bonds is 5. The molecule has 0 fully saturated rings. The highest BCUT2D eigenvalue weighted by Gasteiger charge is 2.32. The molecule has 0 saturated heterocycles. The minimum atomic E-state index is -0.234. The summed E-state index contributed by atoms with van der Waals surface area (Å²) in [7, 11) is 0. The van der Waals surface area contributed by atoms with Gasteiger partial charge in [-0.1, -0.05) is 49.0 Å². The van der Waals surface area contributed by atoms with Crippen LogP contribution in [0.4, 0.5) is 11.4 Å². The van der Waals surface area contributed by atoms with Crippen molar-refractivity contribution in [3.63, 3.8) is 0 Å². The van der Waals surface area contributed by atoms with E-state index in [9.17, 15) is 9.59 Å². The fourth-order valence-corrected chi connectivity index (χ4v) is 3.83. The highest BCUT2D eigenvalue weighted by molar-refractivity contribution is 6.13. The Morgan fingerprint density at radius 3 is 2.48 bits per heavy atom. The summed E-state index contributed by atoms with van der Waals surface area (Å²) in [5.41, 5.74) is 17.0. The van der Waals surface area contributed by atoms with E-state index in [0.29, 0.717) is 40.2 Å². The van der Waals surface area contributed by atoms with E-state index >= 15 is 0 Å². The predicted molar refractivity (Wildman–Crippen MR) is 120 cm³/mol. The topological polar surface area (TPSA) is 113 Å². The summed E-state index contributed by atoms with van der Waals surface area (Å²) in [5, 5.41) is 9.03. The van der Waals surface area contributed by atoms with Crippen LogP contribution < -0.4 is 11.5 Å². The van der Waals surface area contributed by atoms with Crippen molar-refractivity contribution in [3.05, 3.63) is 95.1 Å². The van der Waals surface area contributed by atoms with Gasteiger partial charge in [-0.25, -0.2) is 0 Å². The smallest absolute Gasteiger partial charge is 0.256 e. The lowest BCUT2D eigenvalue weighted by Crippen LogP contribution is -2.26. The first kappa shape index (κ1) is 19.9. The molecule has 1 heterocycles. The van der Waals surface area contributed by atoms with Gasteiger partial charge in [-0.2, -0.15) is 5.26 Å². The molecule has 1 aliphatic heterocycles. The zero-order chi connectivity index (χ0) is 22.1. The molecule has 3 aromatic carbocycles. The SMILES string of the molecule is C=C(C#N)CN1Cc2c(-c3ccc(N)c(C(=O)c4ccccc4)c3)ccc(N)c2C1=O. The molecule has 0 aromatic heterocycles. The number of ketones is 1. The predicted octanol–water partition coefficient (Wildman–Crippen LogP) is 3.78. The number of nitriles is 1. The number of carbonyl (C=O) groups excluding carboxylic acids is 2. The Bertz CT molecular complexity index is 1270. The van der Waals surface area contributed by atoms with E-state index in [-0.39, 0.29) is 18.2 Å². The zero-order valence-corrected chi connectivity index (χ0v) is 16.8. The van der Waals surface area contributed by atoms with Crippen molar-refractivity contribution < 1.29 is 9.59 Å². The van der Waals surface area contributed by atoms with Crippen LogP contribution in [0.15, 0.2) is 72.8 Å². The fraction of sp³-hybridized carbons (Fsp3) is 0.0800. The average Bonchev–Trinajstić information content (AvgIpc) is 3.11. The monoisotopic (exact) mass is 408 g/mol. The molecule has 6 nitrogen and oxygen atoms in total. The fourth-order valence-electron chi connectivity index (χ4n) is 3.83. The van der Waals surface area contributed by atoms with Crippen molar-refractivity contribution in [1.82, 2.24) is 4.90 Å². The van der Waals surface area contributed by atoms with Crippen molar-refractivity contribution in [2.45, 2.75) is 6.54 Å². The molecular weight excluding hydrogens is 388 g/mol. The number of hydrogen-bond acceptors (Lipinski definition) is 5. The van der Waals surface area contributed by atoms with E-state index in [1.165, 1.54) is 0 Å². The second-order valence-electron chi connectivity index (χ2n) is 7.43. The number of anilines is 2. The molecule has 152 valence electrons. The van der Waals surface area contributed by atoms with Crippen molar-refractivity contribution >= 4 is 23.1 Å². The summed E-state index contributed by atoms with van der Waals surface area (Å²) in [6.07, 6.45) is 0. The summed E-state index contributed by atoms with van der Waals surface area (Å²) < 4.78 is 0. The molecule has 6 heteroatoms. The normalized spacial score (nSPS) is 12.4. The summed E-state index contributed by atoms with van der Waals surface area (Å²) in [4.78, 5) is 27.4. The number of hydrogen-bond donors (Lipinski definition) is 2. The van der Waals surface area contributed by atoms with Crippen LogP contribution in [0.3, 0.4) is 0 Å². The van der Waals surface area contributed by atoms with Gasteiger partial charge in [-0.05, 0) is 34.9 Å². The van der Waals surface area contributed by atoms with E-state index in [1.807, 2.05) is 24.3 Å². The lowest BCUT2D eigenvalue weighted by molar-refractivity contribution is 0.0794. The maximum Gasteiger partial charge on any atom is 0.256 e. The van der Waals surface area contributed by atoms with Crippen LogP contribution >= 0.6 is 0 Å². The van der Waals surface area contributed by atoms with Crippen molar-refractivity contribution in [3.8, 4) is 17.2 Å². The van der Waals surface area contributed by atoms with Gasteiger partial charge in [0, 0.05) is 34.6 Å². The summed E-state index contributed by atoms with van der Waals surface area (Å²) >= 11 is 0. The van der Waals surface area contributed by atoms with E-state index in [0.717, 1.165) is 16.7 Å². The van der Waals surface area contributed by atoms with Gasteiger partial charge in [0.15, 0.2) is 5.78 Å². The Balaban J connectivity index is 1.78. The van der Waals surface area contributed by atoms with Gasteiger partial charge in [0.25, 0.3) is 5.91 Å². The van der Waals surface area contributed by atoms with Crippen LogP contribution in [0.2, 0.25) is 0 Å². The van der Waals surface area contributed by atoms with Gasteiger partial charge >= 0.3 is 0 Å². The molecule has 0 bridgehead atoms. The number of amides is 1. The summed E-state index contributed by atoms with van der Waals surface area (Å²) in [6.45, 7) is 4.12. The van der Waals surface area contributed by atoms with Crippen LogP contribution in [-0.2, 0) is 6.54 Å². The molecule has 0 saturated carbocycles. The molecule has 31 heavy (non-hydrogen) atoms. The summed E-state index contributed by atoms with van der Waals surface area (Å²) in [6, 6.07) is 19.7. The van der Waals surface area contributed by atoms with Crippen molar-refractivity contribution in [2.24, 2.45) is 0 Å². The van der Waals surface area contributed by atoms with Gasteiger partial charge in [0.2, 0.25) is 0 Å². The van der Waals surface area contributed by atoms with E-state index in [2.05, 4.69) is 6.58 Å². The lowest BCUT2D eigenvalue weighted by atomic mass is 9.92. The molecule has 4 rings (SSSR count). The molecule has 0 atom stereocenters. The molecule has 0 radical (unpaired) electrons. The number of carbonyl (C=O) groups is 2. The Morgan fingerprint density at radius 1 is 1.06 bits per heavy atom. The number of nitrogen functional groups attached to an aromatic ring is 2. The molecule has 0 aliphatic carbocycles. The molecule has 4 N–H and O–H groups in total. The Labute approximate surface area is 180 Å². The highest BCUT2D eigenvalue weighted by Crippen LogP contribution is 2.37. The number of fused-ring (bicyclic) bond motifs is 1. The van der Waals surface area contributed by atoms with Gasteiger partial charge < -0.3 is 16.4 Å². The Morgan fingerprint density at radius 2 is 1.77 bits per heavy atom. The van der Waals surface area contributed by atoms with Gasteiger partial charge in [-0.15, -0.1) is 0 Å². The molecule has 3 aromatic rings. The van der Waals surface area contributed by atoms with Crippen LogP contribution in [0, 0.1) is 11.3 Å². The third-order valence-electron chi connectivity index (χ3n) is 5.38. The largest absolute Gasteiger partial charge is 0.398 e. The Kier molecular flexibility index (Phi) is 5.02. The van der Waals surface area contributed by atoms with Gasteiger partial charge in [-0.3, -0.25) is 9.59 Å². The first-order valence-electron chi connectivity index (χ1n) is 9.69. The van der Waals surface area contributed by atoms with E-state index in [4.69, 9.17) is 16.7 Å².